The van der Waals surface area contributed by atoms with Crippen LogP contribution in [0.25, 0.3) is 0 Å². The van der Waals surface area contributed by atoms with Crippen molar-refractivity contribution in [1.82, 2.24) is 10.4 Å². The molecule has 0 spiro atoms. The molecule has 35 heavy (non-hydrogen) atoms. The zero-order valence-corrected chi connectivity index (χ0v) is 18.3. The number of nitrogens with zero attached hydrogens (tertiary/aromatic N) is 2. The molecule has 0 bridgehead atoms. The van der Waals surface area contributed by atoms with E-state index in [0.717, 1.165) is 18.2 Å². The number of imide groups is 1. The van der Waals surface area contributed by atoms with Crippen LogP contribution in [0.5, 0.6) is 0 Å². The predicted octanol–water partition coefficient (Wildman–Crippen LogP) is 3.29. The van der Waals surface area contributed by atoms with E-state index in [-0.39, 0.29) is 31.4 Å². The number of nitrogens with one attached hydrogen (secondary N) is 1. The highest BCUT2D eigenvalue weighted by molar-refractivity contribution is 6.03. The first-order valence-corrected chi connectivity index (χ1v) is 10.7. The maximum atomic E-state index is 13.0. The largest absolute Gasteiger partial charge is 0.416 e. The molecule has 1 unspecified atom stereocenters. The van der Waals surface area contributed by atoms with Gasteiger partial charge in [0.1, 0.15) is 0 Å². The number of anilines is 2. The zero-order chi connectivity index (χ0) is 25.3. The van der Waals surface area contributed by atoms with E-state index >= 15 is 0 Å². The van der Waals surface area contributed by atoms with Crippen molar-refractivity contribution in [3.63, 3.8) is 0 Å². The van der Waals surface area contributed by atoms with E-state index in [2.05, 4.69) is 11.9 Å². The maximum absolute atomic E-state index is 13.0. The quantitative estimate of drug-likeness (QED) is 0.514. The normalized spacial score (nSPS) is 17.7. The van der Waals surface area contributed by atoms with Gasteiger partial charge >= 0.3 is 12.1 Å². The summed E-state index contributed by atoms with van der Waals surface area (Å²) < 4.78 is 39.1. The first-order valence-electron chi connectivity index (χ1n) is 10.7. The van der Waals surface area contributed by atoms with Gasteiger partial charge in [0.2, 0.25) is 5.91 Å². The highest BCUT2D eigenvalue weighted by Gasteiger charge is 2.36. The number of carbonyl (C=O) groups excluding carboxylic acids is 4. The van der Waals surface area contributed by atoms with Gasteiger partial charge in [-0.25, -0.2) is 4.79 Å². The van der Waals surface area contributed by atoms with Gasteiger partial charge in [0, 0.05) is 30.8 Å². The Morgan fingerprint density at radius 3 is 2.31 bits per heavy atom. The molecule has 2 aromatic carbocycles. The highest BCUT2D eigenvalue weighted by Crippen LogP contribution is 2.37. The average Bonchev–Trinajstić information content (AvgIpc) is 3.14. The van der Waals surface area contributed by atoms with Crippen molar-refractivity contribution in [2.45, 2.75) is 31.5 Å². The molecule has 1 fully saturated rings. The van der Waals surface area contributed by atoms with Crippen LogP contribution >= 0.6 is 0 Å². The standard InChI is InChI=1S/C24H20F3N3O5/c1-2-20(31)28-15-12-18-17(23(34)35-30-21(32)10-11-22(30)33)4-3-5-19(18)29(13-15)16-8-6-14(7-9-16)24(25,26)27/h2-9,15H,1,10-13H2,(H,28,31). The van der Waals surface area contributed by atoms with Gasteiger partial charge < -0.3 is 15.1 Å². The van der Waals surface area contributed by atoms with Gasteiger partial charge in [0.25, 0.3) is 11.8 Å². The number of fused-ring (bicyclic) bond motifs is 1. The first kappa shape index (κ1) is 24.0. The maximum Gasteiger partial charge on any atom is 0.416 e. The molecular formula is C24H20F3N3O5. The lowest BCUT2D eigenvalue weighted by atomic mass is 9.92. The first-order chi connectivity index (χ1) is 16.6. The summed E-state index contributed by atoms with van der Waals surface area (Å²) in [4.78, 5) is 55.4. The Labute approximate surface area is 197 Å². The van der Waals surface area contributed by atoms with Crippen LogP contribution in [0.3, 0.4) is 0 Å². The van der Waals surface area contributed by atoms with Crippen molar-refractivity contribution < 1.29 is 37.2 Å². The molecular weight excluding hydrogens is 467 g/mol. The molecule has 8 nitrogen and oxygen atoms in total. The zero-order valence-electron chi connectivity index (χ0n) is 18.3. The molecule has 0 saturated carbocycles. The Morgan fingerprint density at radius 1 is 1.06 bits per heavy atom. The SMILES string of the molecule is C=CC(=O)NC1Cc2c(C(=O)ON3C(=O)CCC3=O)cccc2N(c2ccc(C(F)(F)F)cc2)C1. The fraction of sp³-hybridized carbons (Fsp3) is 0.250. The summed E-state index contributed by atoms with van der Waals surface area (Å²) in [5.41, 5.74) is 0.614. The number of hydrogen-bond acceptors (Lipinski definition) is 6. The van der Waals surface area contributed by atoms with Crippen LogP contribution in [0.1, 0.15) is 34.3 Å². The Morgan fingerprint density at radius 2 is 1.71 bits per heavy atom. The fourth-order valence-corrected chi connectivity index (χ4v) is 4.08. The molecule has 3 amide bonds. The van der Waals surface area contributed by atoms with Crippen LogP contribution in [-0.2, 0) is 31.8 Å². The van der Waals surface area contributed by atoms with Crippen molar-refractivity contribution in [2.24, 2.45) is 0 Å². The van der Waals surface area contributed by atoms with E-state index in [1.54, 1.807) is 17.0 Å². The number of benzene rings is 2. The summed E-state index contributed by atoms with van der Waals surface area (Å²) in [6.45, 7) is 3.63. The number of halogens is 3. The van der Waals surface area contributed by atoms with Crippen LogP contribution < -0.4 is 10.2 Å². The Kier molecular flexibility index (Phi) is 6.33. The molecule has 11 heteroatoms. The van der Waals surface area contributed by atoms with Gasteiger partial charge in [-0.05, 0) is 54.5 Å². The van der Waals surface area contributed by atoms with Crippen molar-refractivity contribution >= 4 is 35.1 Å². The lowest BCUT2D eigenvalue weighted by molar-refractivity contribution is -0.172. The molecule has 2 aliphatic rings. The van der Waals surface area contributed by atoms with E-state index in [0.29, 0.717) is 22.0 Å². The average molecular weight is 487 g/mol. The second-order valence-electron chi connectivity index (χ2n) is 8.03. The Hall–Kier alpha value is -4.15. The van der Waals surface area contributed by atoms with Crippen LogP contribution in [0.15, 0.2) is 55.1 Å². The lowest BCUT2D eigenvalue weighted by Crippen LogP contribution is -2.47. The number of carbonyl (C=O) groups is 4. The second kappa shape index (κ2) is 9.24. The number of hydrogen-bond donors (Lipinski definition) is 1. The van der Waals surface area contributed by atoms with Gasteiger partial charge in [0.05, 0.1) is 17.2 Å². The number of alkyl halides is 3. The molecule has 0 radical (unpaired) electrons. The van der Waals surface area contributed by atoms with Gasteiger partial charge in [-0.2, -0.15) is 13.2 Å². The Bertz CT molecular complexity index is 1190. The minimum atomic E-state index is -4.50. The van der Waals surface area contributed by atoms with Crippen molar-refractivity contribution in [2.75, 3.05) is 11.4 Å². The minimum Gasteiger partial charge on any atom is -0.348 e. The molecule has 4 rings (SSSR count). The van der Waals surface area contributed by atoms with Crippen LogP contribution in [0.2, 0.25) is 0 Å². The molecule has 2 heterocycles. The third kappa shape index (κ3) is 4.88. The molecule has 0 aliphatic carbocycles. The minimum absolute atomic E-state index is 0.0592. The summed E-state index contributed by atoms with van der Waals surface area (Å²) >= 11 is 0. The van der Waals surface area contributed by atoms with Gasteiger partial charge in [-0.3, -0.25) is 14.4 Å². The summed E-state index contributed by atoms with van der Waals surface area (Å²) in [6, 6.07) is 8.67. The molecule has 1 saturated heterocycles. The third-order valence-electron chi connectivity index (χ3n) is 5.73. The molecule has 0 aromatic heterocycles. The number of amides is 3. The second-order valence-corrected chi connectivity index (χ2v) is 8.03. The number of rotatable bonds is 5. The summed E-state index contributed by atoms with van der Waals surface area (Å²) in [6.07, 6.45) is -3.34. The van der Waals surface area contributed by atoms with Crippen molar-refractivity contribution in [3.8, 4) is 0 Å². The summed E-state index contributed by atoms with van der Waals surface area (Å²) in [7, 11) is 0. The van der Waals surface area contributed by atoms with Crippen LogP contribution in [0.4, 0.5) is 24.5 Å². The molecule has 1 N–H and O–H groups in total. The molecule has 182 valence electrons. The monoisotopic (exact) mass is 487 g/mol. The van der Waals surface area contributed by atoms with E-state index < -0.39 is 41.5 Å². The van der Waals surface area contributed by atoms with Crippen molar-refractivity contribution in [3.05, 3.63) is 71.8 Å². The van der Waals surface area contributed by atoms with Gasteiger partial charge in [-0.15, -0.1) is 5.06 Å². The lowest BCUT2D eigenvalue weighted by Gasteiger charge is -2.37. The van der Waals surface area contributed by atoms with Gasteiger partial charge in [-0.1, -0.05) is 12.6 Å². The summed E-state index contributed by atoms with van der Waals surface area (Å²) in [5, 5.41) is 3.19. The van der Waals surface area contributed by atoms with Gasteiger partial charge in [0.15, 0.2) is 0 Å². The summed E-state index contributed by atoms with van der Waals surface area (Å²) in [5.74, 6) is -2.65. The predicted molar refractivity (Wildman–Crippen MR) is 117 cm³/mol. The Balaban J connectivity index is 1.71. The van der Waals surface area contributed by atoms with E-state index in [4.69, 9.17) is 4.84 Å². The van der Waals surface area contributed by atoms with E-state index in [1.165, 1.54) is 18.2 Å². The fourth-order valence-electron chi connectivity index (χ4n) is 4.08. The van der Waals surface area contributed by atoms with Crippen LogP contribution in [0, 0.1) is 0 Å². The smallest absolute Gasteiger partial charge is 0.348 e. The molecule has 2 aliphatic heterocycles. The van der Waals surface area contributed by atoms with Crippen LogP contribution in [-0.4, -0.2) is 41.3 Å². The third-order valence-corrected chi connectivity index (χ3v) is 5.73. The number of hydroxylamine groups is 2. The molecule has 2 aromatic rings. The highest BCUT2D eigenvalue weighted by atomic mass is 19.4. The van der Waals surface area contributed by atoms with E-state index in [1.807, 2.05) is 0 Å². The molecule has 1 atom stereocenters. The topological polar surface area (TPSA) is 96.0 Å². The van der Waals surface area contributed by atoms with Crippen molar-refractivity contribution in [1.29, 1.82) is 0 Å². The van der Waals surface area contributed by atoms with E-state index in [9.17, 15) is 32.3 Å².